The molecule has 1 amide bonds. The number of carbonyl (C=O) groups is 1. The molecule has 0 saturated carbocycles. The lowest BCUT2D eigenvalue weighted by Crippen LogP contribution is -2.28. The maximum atomic E-state index is 12.9. The molecule has 4 rings (SSSR count). The van der Waals surface area contributed by atoms with Gasteiger partial charge in [0, 0.05) is 12.3 Å². The Balaban J connectivity index is 1.48. The van der Waals surface area contributed by atoms with Gasteiger partial charge in [0.05, 0.1) is 6.04 Å². The highest BCUT2D eigenvalue weighted by molar-refractivity contribution is 5.78. The van der Waals surface area contributed by atoms with Crippen LogP contribution in [0.25, 0.3) is 0 Å². The average Bonchev–Trinajstić information content (AvgIpc) is 3.21. The fraction of sp³-hybridized carbons (Fsp3) is 0.269. The van der Waals surface area contributed by atoms with Gasteiger partial charge < -0.3 is 5.32 Å². The molecule has 3 aromatic rings. The quantitative estimate of drug-likeness (QED) is 0.604. The van der Waals surface area contributed by atoms with Gasteiger partial charge >= 0.3 is 0 Å². The van der Waals surface area contributed by atoms with Crippen LogP contribution in [0.1, 0.15) is 59.5 Å². The standard InChI is InChI=1S/C26H27NO/c1-19(23-16-15-20-13-8-14-24(20)17-23)27-26(28)18-25(21-9-4-2-5-10-21)22-11-6-3-7-12-22/h2-7,9-12,15-17,19,25H,8,13-14,18H2,1H3,(H,27,28)/t19-/m0/s1. The molecule has 142 valence electrons. The monoisotopic (exact) mass is 369 g/mol. The van der Waals surface area contributed by atoms with Gasteiger partial charge in [-0.05, 0) is 54.0 Å². The van der Waals surface area contributed by atoms with Crippen molar-refractivity contribution < 1.29 is 4.79 Å². The van der Waals surface area contributed by atoms with Gasteiger partial charge in [0.15, 0.2) is 0 Å². The van der Waals surface area contributed by atoms with Crippen molar-refractivity contribution in [3.05, 3.63) is 107 Å². The van der Waals surface area contributed by atoms with Crippen LogP contribution in [0, 0.1) is 0 Å². The number of nitrogens with one attached hydrogen (secondary N) is 1. The van der Waals surface area contributed by atoms with E-state index >= 15 is 0 Å². The molecule has 0 unspecified atom stereocenters. The van der Waals surface area contributed by atoms with Gasteiger partial charge in [0.1, 0.15) is 0 Å². The molecule has 3 aromatic carbocycles. The Morgan fingerprint density at radius 3 is 2.07 bits per heavy atom. The predicted molar refractivity (Wildman–Crippen MR) is 114 cm³/mol. The van der Waals surface area contributed by atoms with E-state index < -0.39 is 0 Å². The number of carbonyl (C=O) groups excluding carboxylic acids is 1. The second kappa shape index (κ2) is 8.43. The Hall–Kier alpha value is -2.87. The first-order valence-corrected chi connectivity index (χ1v) is 10.2. The maximum absolute atomic E-state index is 12.9. The molecule has 0 aromatic heterocycles. The van der Waals surface area contributed by atoms with E-state index in [0.717, 1.165) is 6.42 Å². The number of hydrogen-bond acceptors (Lipinski definition) is 1. The third-order valence-corrected chi connectivity index (χ3v) is 5.79. The lowest BCUT2D eigenvalue weighted by molar-refractivity contribution is -0.121. The molecule has 1 atom stereocenters. The van der Waals surface area contributed by atoms with E-state index in [-0.39, 0.29) is 17.9 Å². The molecule has 0 radical (unpaired) electrons. The zero-order valence-electron chi connectivity index (χ0n) is 16.4. The molecule has 0 saturated heterocycles. The predicted octanol–water partition coefficient (Wildman–Crippen LogP) is 5.57. The van der Waals surface area contributed by atoms with Crippen molar-refractivity contribution in [1.29, 1.82) is 0 Å². The van der Waals surface area contributed by atoms with Gasteiger partial charge in [0.2, 0.25) is 5.91 Å². The molecule has 0 aliphatic heterocycles. The van der Waals surface area contributed by atoms with Crippen molar-refractivity contribution in [3.8, 4) is 0 Å². The summed E-state index contributed by atoms with van der Waals surface area (Å²) in [6.45, 7) is 2.08. The van der Waals surface area contributed by atoms with E-state index in [0.29, 0.717) is 6.42 Å². The number of amides is 1. The van der Waals surface area contributed by atoms with Crippen molar-refractivity contribution in [2.24, 2.45) is 0 Å². The number of benzene rings is 3. The van der Waals surface area contributed by atoms with Crippen molar-refractivity contribution in [2.45, 2.75) is 44.6 Å². The second-order valence-corrected chi connectivity index (χ2v) is 7.75. The Morgan fingerprint density at radius 1 is 0.821 bits per heavy atom. The summed E-state index contributed by atoms with van der Waals surface area (Å²) in [5.41, 5.74) is 6.47. The van der Waals surface area contributed by atoms with Crippen molar-refractivity contribution in [1.82, 2.24) is 5.32 Å². The van der Waals surface area contributed by atoms with Gasteiger partial charge in [-0.2, -0.15) is 0 Å². The number of aryl methyl sites for hydroxylation is 2. The summed E-state index contributed by atoms with van der Waals surface area (Å²) in [7, 11) is 0. The van der Waals surface area contributed by atoms with Crippen LogP contribution in [0.2, 0.25) is 0 Å². The fourth-order valence-corrected chi connectivity index (χ4v) is 4.23. The maximum Gasteiger partial charge on any atom is 0.221 e. The van der Waals surface area contributed by atoms with Crippen LogP contribution < -0.4 is 5.32 Å². The molecule has 1 aliphatic rings. The van der Waals surface area contributed by atoms with Crippen LogP contribution >= 0.6 is 0 Å². The Kier molecular flexibility index (Phi) is 5.57. The minimum absolute atomic E-state index is 0.0191. The third kappa shape index (κ3) is 4.17. The Morgan fingerprint density at radius 2 is 1.43 bits per heavy atom. The van der Waals surface area contributed by atoms with E-state index in [9.17, 15) is 4.79 Å². The van der Waals surface area contributed by atoms with E-state index in [2.05, 4.69) is 54.7 Å². The number of hydrogen-bond donors (Lipinski definition) is 1. The summed E-state index contributed by atoms with van der Waals surface area (Å²) >= 11 is 0. The molecule has 0 spiro atoms. The first kappa shape index (κ1) is 18.5. The molecular formula is C26H27NO. The van der Waals surface area contributed by atoms with Gasteiger partial charge in [-0.3, -0.25) is 4.79 Å². The van der Waals surface area contributed by atoms with Crippen molar-refractivity contribution in [2.75, 3.05) is 0 Å². The third-order valence-electron chi connectivity index (χ3n) is 5.79. The average molecular weight is 370 g/mol. The van der Waals surface area contributed by atoms with Gasteiger partial charge in [-0.15, -0.1) is 0 Å². The topological polar surface area (TPSA) is 29.1 Å². The van der Waals surface area contributed by atoms with E-state index in [4.69, 9.17) is 0 Å². The highest BCUT2D eigenvalue weighted by Gasteiger charge is 2.20. The minimum atomic E-state index is 0.0191. The van der Waals surface area contributed by atoms with Crippen LogP contribution in [-0.4, -0.2) is 5.91 Å². The van der Waals surface area contributed by atoms with Gasteiger partial charge in [0.25, 0.3) is 0 Å². The summed E-state index contributed by atoms with van der Waals surface area (Å²) in [5, 5.41) is 3.22. The summed E-state index contributed by atoms with van der Waals surface area (Å²) in [6, 6.07) is 27.3. The van der Waals surface area contributed by atoms with Crippen LogP contribution in [0.15, 0.2) is 78.9 Å². The van der Waals surface area contributed by atoms with Crippen LogP contribution in [0.4, 0.5) is 0 Å². The molecule has 1 N–H and O–H groups in total. The largest absolute Gasteiger partial charge is 0.350 e. The first-order valence-electron chi connectivity index (χ1n) is 10.2. The summed E-state index contributed by atoms with van der Waals surface area (Å²) in [4.78, 5) is 12.9. The highest BCUT2D eigenvalue weighted by atomic mass is 16.1. The molecule has 2 heteroatoms. The van der Waals surface area contributed by atoms with E-state index in [1.165, 1.54) is 40.7 Å². The van der Waals surface area contributed by atoms with Crippen LogP contribution in [-0.2, 0) is 17.6 Å². The lowest BCUT2D eigenvalue weighted by atomic mass is 9.88. The fourth-order valence-electron chi connectivity index (χ4n) is 4.23. The molecule has 0 bridgehead atoms. The smallest absolute Gasteiger partial charge is 0.221 e. The van der Waals surface area contributed by atoms with E-state index in [1.54, 1.807) is 0 Å². The molecule has 28 heavy (non-hydrogen) atoms. The van der Waals surface area contributed by atoms with Crippen LogP contribution in [0.3, 0.4) is 0 Å². The normalized spacial score (nSPS) is 13.9. The summed E-state index contributed by atoms with van der Waals surface area (Å²) < 4.78 is 0. The number of fused-ring (bicyclic) bond motifs is 1. The van der Waals surface area contributed by atoms with Crippen LogP contribution in [0.5, 0.6) is 0 Å². The molecule has 0 fully saturated rings. The Bertz CT molecular complexity index is 894. The highest BCUT2D eigenvalue weighted by Crippen LogP contribution is 2.29. The zero-order chi connectivity index (χ0) is 19.3. The molecule has 1 aliphatic carbocycles. The molecule has 2 nitrogen and oxygen atoms in total. The van der Waals surface area contributed by atoms with Crippen molar-refractivity contribution >= 4 is 5.91 Å². The lowest BCUT2D eigenvalue weighted by Gasteiger charge is -2.20. The Labute approximate surface area is 167 Å². The van der Waals surface area contributed by atoms with Gasteiger partial charge in [-0.1, -0.05) is 78.9 Å². The molecule has 0 heterocycles. The number of rotatable bonds is 6. The summed E-state index contributed by atoms with van der Waals surface area (Å²) in [5.74, 6) is 0.153. The molecular weight excluding hydrogens is 342 g/mol. The SMILES string of the molecule is C[C@H](NC(=O)CC(c1ccccc1)c1ccccc1)c1ccc2c(c1)CCC2. The van der Waals surface area contributed by atoms with E-state index in [1.807, 2.05) is 36.4 Å². The minimum Gasteiger partial charge on any atom is -0.350 e. The zero-order valence-corrected chi connectivity index (χ0v) is 16.4. The van der Waals surface area contributed by atoms with Crippen molar-refractivity contribution in [3.63, 3.8) is 0 Å². The van der Waals surface area contributed by atoms with Gasteiger partial charge in [-0.25, -0.2) is 0 Å². The first-order chi connectivity index (χ1) is 13.7. The summed E-state index contributed by atoms with van der Waals surface area (Å²) in [6.07, 6.45) is 4.04. The second-order valence-electron chi connectivity index (χ2n) is 7.75.